The first-order valence-corrected chi connectivity index (χ1v) is 13.3. The summed E-state index contributed by atoms with van der Waals surface area (Å²) in [5.41, 5.74) is 1.67. The van der Waals surface area contributed by atoms with E-state index in [2.05, 4.69) is 44.2 Å². The van der Waals surface area contributed by atoms with Crippen molar-refractivity contribution in [2.24, 2.45) is 0 Å². The number of nitrogens with one attached hydrogen (secondary N) is 1. The van der Waals surface area contributed by atoms with Crippen LogP contribution in [0.15, 0.2) is 30.6 Å². The number of halogens is 2. The topological polar surface area (TPSA) is 69.7 Å². The summed E-state index contributed by atoms with van der Waals surface area (Å²) >= 11 is 12.2. The Morgan fingerprint density at radius 1 is 1.27 bits per heavy atom. The van der Waals surface area contributed by atoms with Crippen LogP contribution in [0.3, 0.4) is 0 Å². The number of rotatable bonds is 5. The maximum absolute atomic E-state index is 12.7. The first kappa shape index (κ1) is 23.0. The van der Waals surface area contributed by atoms with E-state index in [-0.39, 0.29) is 27.1 Å². The van der Waals surface area contributed by atoms with Crippen LogP contribution in [0.5, 0.6) is 5.75 Å². The first-order valence-electron chi connectivity index (χ1n) is 9.68. The Balaban J connectivity index is 1.70. The molecule has 30 heavy (non-hydrogen) atoms. The largest absolute Gasteiger partial charge is 0.414 e. The lowest BCUT2D eigenvalue weighted by molar-refractivity contribution is -0.260. The monoisotopic (exact) mass is 468 g/mol. The van der Waals surface area contributed by atoms with E-state index in [0.717, 1.165) is 5.56 Å². The summed E-state index contributed by atoms with van der Waals surface area (Å²) in [6.45, 7) is 11.4. The maximum atomic E-state index is 12.7. The summed E-state index contributed by atoms with van der Waals surface area (Å²) in [5.74, 6) is 0.267. The number of carbonyl (C=O) groups excluding carboxylic acids is 1. The van der Waals surface area contributed by atoms with Gasteiger partial charge in [0.1, 0.15) is 6.10 Å². The molecule has 2 heterocycles. The number of amides is 1. The quantitative estimate of drug-likeness (QED) is 0.436. The van der Waals surface area contributed by atoms with Crippen LogP contribution in [0, 0.1) is 0 Å². The SMILES string of the molecule is CC(C)(C)[Si](C)(C)OCC1Cc2cc(C(=O)Nc3c(Cl)cncc3Cl)ccc2OO1. The van der Waals surface area contributed by atoms with Gasteiger partial charge < -0.3 is 14.6 Å². The molecule has 1 aliphatic heterocycles. The Bertz CT molecular complexity index is 927. The van der Waals surface area contributed by atoms with Crippen LogP contribution in [0.4, 0.5) is 5.69 Å². The molecule has 0 saturated carbocycles. The Hall–Kier alpha value is -1.64. The minimum absolute atomic E-state index is 0.112. The normalized spacial score (nSPS) is 16.6. The van der Waals surface area contributed by atoms with E-state index in [9.17, 15) is 4.79 Å². The molecule has 1 unspecified atom stereocenters. The van der Waals surface area contributed by atoms with E-state index in [1.54, 1.807) is 18.2 Å². The third-order valence-electron chi connectivity index (χ3n) is 5.57. The van der Waals surface area contributed by atoms with Crippen molar-refractivity contribution in [3.63, 3.8) is 0 Å². The highest BCUT2D eigenvalue weighted by atomic mass is 35.5. The number of hydrogen-bond acceptors (Lipinski definition) is 5. The van der Waals surface area contributed by atoms with Crippen molar-refractivity contribution in [3.8, 4) is 5.75 Å². The molecule has 0 aliphatic carbocycles. The second-order valence-corrected chi connectivity index (χ2v) is 14.5. The summed E-state index contributed by atoms with van der Waals surface area (Å²) < 4.78 is 6.25. The van der Waals surface area contributed by atoms with Crippen molar-refractivity contribution in [1.29, 1.82) is 0 Å². The third-order valence-corrected chi connectivity index (χ3v) is 10.6. The van der Waals surface area contributed by atoms with Gasteiger partial charge in [0.15, 0.2) is 14.1 Å². The molecule has 1 amide bonds. The fourth-order valence-electron chi connectivity index (χ4n) is 2.68. The van der Waals surface area contributed by atoms with Gasteiger partial charge >= 0.3 is 0 Å². The Morgan fingerprint density at radius 3 is 2.57 bits per heavy atom. The van der Waals surface area contributed by atoms with Crippen molar-refractivity contribution >= 4 is 43.1 Å². The number of pyridine rings is 1. The number of anilines is 1. The molecule has 6 nitrogen and oxygen atoms in total. The molecule has 3 rings (SSSR count). The first-order chi connectivity index (χ1) is 14.0. The lowest BCUT2D eigenvalue weighted by Crippen LogP contribution is -2.43. The van der Waals surface area contributed by atoms with Gasteiger partial charge in [-0.25, -0.2) is 0 Å². The number of aromatic nitrogens is 1. The number of benzene rings is 1. The van der Waals surface area contributed by atoms with Crippen molar-refractivity contribution in [2.75, 3.05) is 11.9 Å². The molecule has 2 aromatic rings. The van der Waals surface area contributed by atoms with Crippen LogP contribution in [0.1, 0.15) is 36.7 Å². The zero-order valence-corrected chi connectivity index (χ0v) is 20.2. The highest BCUT2D eigenvalue weighted by Gasteiger charge is 2.38. The van der Waals surface area contributed by atoms with E-state index >= 15 is 0 Å². The minimum Gasteiger partial charge on any atom is -0.414 e. The van der Waals surface area contributed by atoms with Crippen molar-refractivity contribution in [1.82, 2.24) is 4.98 Å². The molecular weight excluding hydrogens is 443 g/mol. The Morgan fingerprint density at radius 2 is 1.93 bits per heavy atom. The van der Waals surface area contributed by atoms with Gasteiger partial charge in [-0.05, 0) is 36.3 Å². The molecule has 0 saturated heterocycles. The van der Waals surface area contributed by atoms with Gasteiger partial charge in [-0.2, -0.15) is 4.89 Å². The van der Waals surface area contributed by atoms with Crippen LogP contribution in [0.25, 0.3) is 0 Å². The summed E-state index contributed by atoms with van der Waals surface area (Å²) in [5, 5.41) is 3.40. The fourth-order valence-corrected chi connectivity index (χ4v) is 4.18. The summed E-state index contributed by atoms with van der Waals surface area (Å²) in [6, 6.07) is 5.16. The van der Waals surface area contributed by atoms with Gasteiger partial charge in [0, 0.05) is 29.9 Å². The number of fused-ring (bicyclic) bond motifs is 1. The summed E-state index contributed by atoms with van der Waals surface area (Å²) in [7, 11) is -1.89. The second kappa shape index (κ2) is 8.84. The lowest BCUT2D eigenvalue weighted by atomic mass is 10.0. The summed E-state index contributed by atoms with van der Waals surface area (Å²) in [6.07, 6.45) is 3.19. The smallest absolute Gasteiger partial charge is 0.255 e. The highest BCUT2D eigenvalue weighted by molar-refractivity contribution is 6.74. The van der Waals surface area contributed by atoms with E-state index in [1.165, 1.54) is 12.4 Å². The molecule has 1 aromatic heterocycles. The molecule has 162 valence electrons. The number of hydrogen-bond donors (Lipinski definition) is 1. The third kappa shape index (κ3) is 5.15. The van der Waals surface area contributed by atoms with E-state index in [1.807, 2.05) is 0 Å². The Kier molecular flexibility index (Phi) is 6.79. The molecule has 0 spiro atoms. The molecule has 0 radical (unpaired) electrons. The van der Waals surface area contributed by atoms with Gasteiger partial charge in [0.05, 0.1) is 22.3 Å². The van der Waals surface area contributed by atoms with Crippen LogP contribution in [-0.4, -0.2) is 31.9 Å². The van der Waals surface area contributed by atoms with Crippen molar-refractivity contribution < 1.29 is 19.0 Å². The van der Waals surface area contributed by atoms with Crippen molar-refractivity contribution in [2.45, 2.75) is 51.4 Å². The van der Waals surface area contributed by atoms with E-state index in [0.29, 0.717) is 30.0 Å². The zero-order chi connectivity index (χ0) is 22.1. The molecule has 1 aliphatic rings. The standard InChI is InChI=1S/C21H26Cl2N2O4Si/c1-21(2,3)30(4,5)27-12-15-9-14-8-13(6-7-18(14)29-28-15)20(26)25-19-16(22)10-24-11-17(19)23/h6-8,10-11,15H,9,12H2,1-5H3,(H,24,25,26). The van der Waals surface area contributed by atoms with Crippen molar-refractivity contribution in [3.05, 3.63) is 51.8 Å². The van der Waals surface area contributed by atoms with Gasteiger partial charge in [0.2, 0.25) is 0 Å². The molecular formula is C21H26Cl2N2O4Si. The van der Waals surface area contributed by atoms with Gasteiger partial charge in [-0.15, -0.1) is 0 Å². The van der Waals surface area contributed by atoms with E-state index in [4.69, 9.17) is 37.4 Å². The minimum atomic E-state index is -1.89. The van der Waals surface area contributed by atoms with E-state index < -0.39 is 8.32 Å². The second-order valence-electron chi connectivity index (χ2n) is 8.83. The zero-order valence-electron chi connectivity index (χ0n) is 17.7. The molecule has 1 N–H and O–H groups in total. The molecule has 9 heteroatoms. The molecule has 0 fully saturated rings. The van der Waals surface area contributed by atoms with Crippen LogP contribution < -0.4 is 10.2 Å². The fraction of sp³-hybridized carbons (Fsp3) is 0.429. The maximum Gasteiger partial charge on any atom is 0.255 e. The number of carbonyl (C=O) groups is 1. The molecule has 0 bridgehead atoms. The van der Waals surface area contributed by atoms with Crippen LogP contribution in [0.2, 0.25) is 28.2 Å². The predicted molar refractivity (Wildman–Crippen MR) is 121 cm³/mol. The molecule has 1 atom stereocenters. The van der Waals surface area contributed by atoms with Gasteiger partial charge in [-0.1, -0.05) is 44.0 Å². The average molecular weight is 469 g/mol. The Labute approximate surface area is 187 Å². The number of nitrogens with zero attached hydrogens (tertiary/aromatic N) is 1. The van der Waals surface area contributed by atoms with Crippen LogP contribution >= 0.6 is 23.2 Å². The molecule has 1 aromatic carbocycles. The average Bonchev–Trinajstić information content (AvgIpc) is 2.67. The lowest BCUT2D eigenvalue weighted by Gasteiger charge is -2.37. The van der Waals surface area contributed by atoms with Crippen LogP contribution in [-0.2, 0) is 15.7 Å². The summed E-state index contributed by atoms with van der Waals surface area (Å²) in [4.78, 5) is 27.5. The van der Waals surface area contributed by atoms with Gasteiger partial charge in [0.25, 0.3) is 5.91 Å². The highest BCUT2D eigenvalue weighted by Crippen LogP contribution is 2.37. The predicted octanol–water partition coefficient (Wildman–Crippen LogP) is 5.90. The van der Waals surface area contributed by atoms with Gasteiger partial charge in [-0.3, -0.25) is 9.78 Å².